The Balaban J connectivity index is 2.02. The van der Waals surface area contributed by atoms with Crippen LogP contribution in [0.4, 0.5) is 0 Å². The van der Waals surface area contributed by atoms with Crippen LogP contribution >= 0.6 is 11.3 Å². The Labute approximate surface area is 138 Å². The molecule has 114 valence electrons. The van der Waals surface area contributed by atoms with Gasteiger partial charge in [0.2, 0.25) is 0 Å². The molecule has 0 atom stereocenters. The number of hydrogen-bond acceptors (Lipinski definition) is 4. The van der Waals surface area contributed by atoms with Crippen LogP contribution in [0.2, 0.25) is 0 Å². The Bertz CT molecular complexity index is 930. The second kappa shape index (κ2) is 5.95. The normalized spacial score (nSPS) is 11.2. The van der Waals surface area contributed by atoms with Crippen molar-refractivity contribution < 1.29 is 4.74 Å². The summed E-state index contributed by atoms with van der Waals surface area (Å²) in [7, 11) is 1.69. The van der Waals surface area contributed by atoms with Gasteiger partial charge in [-0.05, 0) is 23.1 Å². The number of nitrogens with zero attached hydrogens (tertiary/aromatic N) is 3. The highest BCUT2D eigenvalue weighted by atomic mass is 32.1. The summed E-state index contributed by atoms with van der Waals surface area (Å²) < 4.78 is 7.26. The molecular formula is C18H15N3OS. The number of methoxy groups -OCH3 is 1. The van der Waals surface area contributed by atoms with E-state index in [1.165, 1.54) is 0 Å². The molecule has 0 saturated carbocycles. The first-order valence-corrected chi connectivity index (χ1v) is 8.26. The minimum absolute atomic E-state index is 0.455. The Morgan fingerprint density at radius 2 is 1.96 bits per heavy atom. The van der Waals surface area contributed by atoms with Gasteiger partial charge in [0.1, 0.15) is 0 Å². The van der Waals surface area contributed by atoms with Crippen molar-refractivity contribution in [1.29, 1.82) is 0 Å². The molecule has 0 spiro atoms. The first kappa shape index (κ1) is 14.1. The zero-order valence-electron chi connectivity index (χ0n) is 12.6. The van der Waals surface area contributed by atoms with E-state index in [1.807, 2.05) is 35.0 Å². The predicted molar refractivity (Wildman–Crippen MR) is 92.4 cm³/mol. The van der Waals surface area contributed by atoms with Gasteiger partial charge in [0, 0.05) is 24.3 Å². The van der Waals surface area contributed by atoms with Gasteiger partial charge in [-0.3, -0.25) is 0 Å². The number of thiophene rings is 1. The second-order valence-electron chi connectivity index (χ2n) is 5.20. The van der Waals surface area contributed by atoms with Gasteiger partial charge in [-0.25, -0.2) is 9.50 Å². The van der Waals surface area contributed by atoms with Crippen molar-refractivity contribution in [2.45, 2.75) is 6.61 Å². The Morgan fingerprint density at radius 1 is 1.09 bits per heavy atom. The number of ether oxygens (including phenoxy) is 1. The van der Waals surface area contributed by atoms with Gasteiger partial charge < -0.3 is 4.74 Å². The third-order valence-electron chi connectivity index (χ3n) is 3.75. The van der Waals surface area contributed by atoms with Crippen LogP contribution < -0.4 is 0 Å². The summed E-state index contributed by atoms with van der Waals surface area (Å²) >= 11 is 1.67. The highest BCUT2D eigenvalue weighted by Gasteiger charge is 2.18. The number of fused-ring (bicyclic) bond motifs is 1. The van der Waals surface area contributed by atoms with Gasteiger partial charge in [-0.2, -0.15) is 16.4 Å². The van der Waals surface area contributed by atoms with Crippen molar-refractivity contribution in [3.63, 3.8) is 0 Å². The van der Waals surface area contributed by atoms with E-state index in [0.717, 1.165) is 33.7 Å². The predicted octanol–water partition coefficient (Wildman–Crippen LogP) is 4.27. The van der Waals surface area contributed by atoms with Crippen LogP contribution in [0.15, 0.2) is 59.4 Å². The molecule has 0 N–H and O–H groups in total. The van der Waals surface area contributed by atoms with E-state index in [0.29, 0.717) is 6.61 Å². The molecule has 4 nitrogen and oxygen atoms in total. The minimum atomic E-state index is 0.455. The lowest BCUT2D eigenvalue weighted by atomic mass is 10.1. The second-order valence-corrected chi connectivity index (χ2v) is 5.98. The molecule has 0 aliphatic carbocycles. The summed E-state index contributed by atoms with van der Waals surface area (Å²) in [6.07, 6.45) is 1.84. The topological polar surface area (TPSA) is 39.4 Å². The zero-order chi connectivity index (χ0) is 15.6. The van der Waals surface area contributed by atoms with E-state index in [2.05, 4.69) is 33.9 Å². The summed E-state index contributed by atoms with van der Waals surface area (Å²) in [5.74, 6) is 0. The van der Waals surface area contributed by atoms with Crippen molar-refractivity contribution in [3.8, 4) is 22.4 Å². The van der Waals surface area contributed by atoms with E-state index < -0.39 is 0 Å². The summed E-state index contributed by atoms with van der Waals surface area (Å²) in [4.78, 5) is 4.58. The highest BCUT2D eigenvalue weighted by molar-refractivity contribution is 7.08. The molecule has 23 heavy (non-hydrogen) atoms. The summed E-state index contributed by atoms with van der Waals surface area (Å²) in [6.45, 7) is 0.455. The lowest BCUT2D eigenvalue weighted by Gasteiger charge is -2.03. The molecule has 5 heteroatoms. The fourth-order valence-corrected chi connectivity index (χ4v) is 3.41. The number of rotatable bonds is 4. The van der Waals surface area contributed by atoms with Crippen molar-refractivity contribution in [2.75, 3.05) is 7.11 Å². The molecule has 0 aliphatic heterocycles. The molecule has 0 fully saturated rings. The van der Waals surface area contributed by atoms with Crippen molar-refractivity contribution in [2.24, 2.45) is 0 Å². The molecule has 1 aromatic carbocycles. The molecule has 0 radical (unpaired) electrons. The largest absolute Gasteiger partial charge is 0.378 e. The minimum Gasteiger partial charge on any atom is -0.378 e. The van der Waals surface area contributed by atoms with Gasteiger partial charge in [-0.1, -0.05) is 30.3 Å². The van der Waals surface area contributed by atoms with Gasteiger partial charge in [0.25, 0.3) is 0 Å². The molecule has 0 aliphatic rings. The van der Waals surface area contributed by atoms with Gasteiger partial charge in [0.05, 0.1) is 23.6 Å². The summed E-state index contributed by atoms with van der Waals surface area (Å²) in [5.41, 5.74) is 6.07. The van der Waals surface area contributed by atoms with Crippen molar-refractivity contribution in [1.82, 2.24) is 14.6 Å². The third kappa shape index (κ3) is 2.44. The van der Waals surface area contributed by atoms with Crippen molar-refractivity contribution in [3.05, 3.63) is 65.1 Å². The van der Waals surface area contributed by atoms with Crippen LogP contribution in [0.1, 0.15) is 5.69 Å². The van der Waals surface area contributed by atoms with Crippen LogP contribution in [-0.4, -0.2) is 21.7 Å². The molecule has 0 amide bonds. The van der Waals surface area contributed by atoms with Gasteiger partial charge in [0.15, 0.2) is 5.65 Å². The van der Waals surface area contributed by atoms with E-state index in [4.69, 9.17) is 9.84 Å². The molecule has 0 unspecified atom stereocenters. The maximum Gasteiger partial charge on any atom is 0.163 e. The van der Waals surface area contributed by atoms with Crippen LogP contribution in [0.3, 0.4) is 0 Å². The molecule has 0 saturated heterocycles. The average Bonchev–Trinajstić information content (AvgIpc) is 3.23. The van der Waals surface area contributed by atoms with E-state index >= 15 is 0 Å². The third-order valence-corrected chi connectivity index (χ3v) is 4.43. The zero-order valence-corrected chi connectivity index (χ0v) is 13.5. The van der Waals surface area contributed by atoms with Crippen LogP contribution in [0.25, 0.3) is 28.0 Å². The van der Waals surface area contributed by atoms with Crippen molar-refractivity contribution >= 4 is 17.0 Å². The summed E-state index contributed by atoms with van der Waals surface area (Å²) in [6, 6.07) is 14.3. The number of aromatic nitrogens is 3. The Kier molecular flexibility index (Phi) is 3.65. The van der Waals surface area contributed by atoms with Gasteiger partial charge >= 0.3 is 0 Å². The Morgan fingerprint density at radius 3 is 2.70 bits per heavy atom. The Hall–Kier alpha value is -2.50. The standard InChI is InChI=1S/C18H15N3OS/c1-22-11-15-17(13-5-3-2-4-6-13)18-19-9-7-16(21(18)20-15)14-8-10-23-12-14/h2-10,12H,11H2,1H3. The van der Waals surface area contributed by atoms with Gasteiger partial charge in [-0.15, -0.1) is 0 Å². The molecule has 4 aromatic rings. The quantitative estimate of drug-likeness (QED) is 0.563. The SMILES string of the molecule is COCc1nn2c(-c3ccsc3)ccnc2c1-c1ccccc1. The van der Waals surface area contributed by atoms with Crippen LogP contribution in [0.5, 0.6) is 0 Å². The highest BCUT2D eigenvalue weighted by Crippen LogP contribution is 2.31. The molecule has 3 aromatic heterocycles. The molecule has 4 rings (SSSR count). The number of hydrogen-bond donors (Lipinski definition) is 0. The maximum absolute atomic E-state index is 5.35. The number of benzene rings is 1. The van der Waals surface area contributed by atoms with E-state index in [-0.39, 0.29) is 0 Å². The molecule has 0 bridgehead atoms. The maximum atomic E-state index is 5.35. The monoisotopic (exact) mass is 321 g/mol. The molecule has 3 heterocycles. The lowest BCUT2D eigenvalue weighted by Crippen LogP contribution is -1.95. The van der Waals surface area contributed by atoms with E-state index in [1.54, 1.807) is 18.4 Å². The van der Waals surface area contributed by atoms with E-state index in [9.17, 15) is 0 Å². The fraction of sp³-hybridized carbons (Fsp3) is 0.111. The lowest BCUT2D eigenvalue weighted by molar-refractivity contribution is 0.181. The summed E-state index contributed by atoms with van der Waals surface area (Å²) in [5, 5.41) is 8.96. The van der Waals surface area contributed by atoms with Crippen LogP contribution in [-0.2, 0) is 11.3 Å². The molecular weight excluding hydrogens is 306 g/mol. The average molecular weight is 321 g/mol. The fourth-order valence-electron chi connectivity index (χ4n) is 2.76. The first-order valence-electron chi connectivity index (χ1n) is 7.32. The van der Waals surface area contributed by atoms with Crippen LogP contribution in [0, 0.1) is 0 Å². The first-order chi connectivity index (χ1) is 11.4. The smallest absolute Gasteiger partial charge is 0.163 e.